The SMILES string of the molecule is COc1ccc(C2C(Oc3ccccc3)C(=O)N2Cc2ccc(F)cc2)cc1OC. The maximum absolute atomic E-state index is 13.3. The average molecular weight is 407 g/mol. The normalized spacial score (nSPS) is 18.0. The molecule has 4 rings (SSSR count). The van der Waals surface area contributed by atoms with Crippen LogP contribution >= 0.6 is 0 Å². The van der Waals surface area contributed by atoms with E-state index in [1.54, 1.807) is 31.3 Å². The zero-order chi connectivity index (χ0) is 21.1. The van der Waals surface area contributed by atoms with E-state index in [0.717, 1.165) is 11.1 Å². The van der Waals surface area contributed by atoms with Crippen LogP contribution in [-0.4, -0.2) is 31.1 Å². The molecule has 0 radical (unpaired) electrons. The number of ether oxygens (including phenoxy) is 3. The molecule has 0 aliphatic carbocycles. The van der Waals surface area contributed by atoms with Crippen molar-refractivity contribution < 1.29 is 23.4 Å². The molecule has 154 valence electrons. The predicted octanol–water partition coefficient (Wildman–Crippen LogP) is 4.37. The van der Waals surface area contributed by atoms with E-state index in [0.29, 0.717) is 23.8 Å². The molecule has 0 N–H and O–H groups in total. The van der Waals surface area contributed by atoms with Crippen LogP contribution in [0.4, 0.5) is 4.39 Å². The van der Waals surface area contributed by atoms with E-state index >= 15 is 0 Å². The van der Waals surface area contributed by atoms with Crippen molar-refractivity contribution in [1.82, 2.24) is 4.90 Å². The first kappa shape index (κ1) is 19.8. The van der Waals surface area contributed by atoms with Gasteiger partial charge in [-0.3, -0.25) is 4.79 Å². The number of carbonyl (C=O) groups excluding carboxylic acids is 1. The molecule has 1 saturated heterocycles. The molecule has 1 aliphatic heterocycles. The molecule has 3 aromatic rings. The van der Waals surface area contributed by atoms with E-state index in [1.165, 1.54) is 12.1 Å². The van der Waals surface area contributed by atoms with Gasteiger partial charge in [0.2, 0.25) is 6.10 Å². The van der Waals surface area contributed by atoms with Gasteiger partial charge < -0.3 is 19.1 Å². The minimum atomic E-state index is -0.661. The fraction of sp³-hybridized carbons (Fsp3) is 0.208. The summed E-state index contributed by atoms with van der Waals surface area (Å²) in [4.78, 5) is 14.7. The van der Waals surface area contributed by atoms with Crippen LogP contribution in [0.5, 0.6) is 17.2 Å². The van der Waals surface area contributed by atoms with Crippen molar-refractivity contribution in [2.75, 3.05) is 14.2 Å². The lowest BCUT2D eigenvalue weighted by Crippen LogP contribution is -2.60. The Kier molecular flexibility index (Phi) is 5.57. The highest BCUT2D eigenvalue weighted by atomic mass is 19.1. The summed E-state index contributed by atoms with van der Waals surface area (Å²) in [6.07, 6.45) is -0.661. The lowest BCUT2D eigenvalue weighted by atomic mass is 9.89. The zero-order valence-electron chi connectivity index (χ0n) is 16.7. The molecule has 30 heavy (non-hydrogen) atoms. The molecule has 0 aromatic heterocycles. The lowest BCUT2D eigenvalue weighted by Gasteiger charge is -2.47. The van der Waals surface area contributed by atoms with Crippen LogP contribution in [0.3, 0.4) is 0 Å². The number of amides is 1. The molecule has 5 nitrogen and oxygen atoms in total. The third-order valence-corrected chi connectivity index (χ3v) is 5.17. The second kappa shape index (κ2) is 8.45. The molecule has 1 amide bonds. The highest BCUT2D eigenvalue weighted by molar-refractivity contribution is 5.89. The van der Waals surface area contributed by atoms with Gasteiger partial charge in [0.15, 0.2) is 11.5 Å². The Morgan fingerprint density at radius 3 is 2.27 bits per heavy atom. The van der Waals surface area contributed by atoms with Crippen molar-refractivity contribution in [2.24, 2.45) is 0 Å². The summed E-state index contributed by atoms with van der Waals surface area (Å²) in [7, 11) is 3.15. The number of benzene rings is 3. The number of halogens is 1. The molecule has 0 spiro atoms. The number of likely N-dealkylation sites (tertiary alicyclic amines) is 1. The summed E-state index contributed by atoms with van der Waals surface area (Å²) >= 11 is 0. The first-order valence-electron chi connectivity index (χ1n) is 9.59. The van der Waals surface area contributed by atoms with E-state index < -0.39 is 6.10 Å². The Hall–Kier alpha value is -3.54. The molecule has 1 aliphatic rings. The molecule has 3 aromatic carbocycles. The average Bonchev–Trinajstić information content (AvgIpc) is 2.79. The number of carbonyl (C=O) groups is 1. The van der Waals surface area contributed by atoms with Gasteiger partial charge >= 0.3 is 0 Å². The maximum atomic E-state index is 13.3. The molecule has 2 atom stereocenters. The molecule has 2 unspecified atom stereocenters. The maximum Gasteiger partial charge on any atom is 0.267 e. The van der Waals surface area contributed by atoms with Crippen molar-refractivity contribution in [1.29, 1.82) is 0 Å². The molecule has 0 bridgehead atoms. The number of rotatable bonds is 7. The van der Waals surface area contributed by atoms with Crippen LogP contribution in [0.15, 0.2) is 72.8 Å². The molecule has 0 saturated carbocycles. The summed E-state index contributed by atoms with van der Waals surface area (Å²) in [5.74, 6) is 1.38. The van der Waals surface area contributed by atoms with Crippen molar-refractivity contribution in [3.8, 4) is 17.2 Å². The Balaban J connectivity index is 1.65. The van der Waals surface area contributed by atoms with E-state index in [9.17, 15) is 9.18 Å². The summed E-state index contributed by atoms with van der Waals surface area (Å²) in [5, 5.41) is 0. The minimum absolute atomic E-state index is 0.122. The molecule has 6 heteroatoms. The third kappa shape index (κ3) is 3.81. The van der Waals surface area contributed by atoms with Crippen molar-refractivity contribution in [3.63, 3.8) is 0 Å². The lowest BCUT2D eigenvalue weighted by molar-refractivity contribution is -0.165. The van der Waals surface area contributed by atoms with Crippen molar-refractivity contribution >= 4 is 5.91 Å². The smallest absolute Gasteiger partial charge is 0.267 e. The summed E-state index contributed by atoms with van der Waals surface area (Å²) in [6, 6.07) is 20.7. The van der Waals surface area contributed by atoms with Gasteiger partial charge in [-0.25, -0.2) is 4.39 Å². The Labute approximate surface area is 174 Å². The van der Waals surface area contributed by atoms with Crippen molar-refractivity contribution in [2.45, 2.75) is 18.7 Å². The quantitative estimate of drug-likeness (QED) is 0.546. The van der Waals surface area contributed by atoms with Gasteiger partial charge in [-0.2, -0.15) is 0 Å². The van der Waals surface area contributed by atoms with Gasteiger partial charge in [0.25, 0.3) is 5.91 Å². The number of hydrogen-bond acceptors (Lipinski definition) is 4. The van der Waals surface area contributed by atoms with Crippen molar-refractivity contribution in [3.05, 3.63) is 89.7 Å². The number of methoxy groups -OCH3 is 2. The summed E-state index contributed by atoms with van der Waals surface area (Å²) in [5.41, 5.74) is 1.71. The van der Waals surface area contributed by atoms with Crippen LogP contribution in [-0.2, 0) is 11.3 Å². The molecule has 1 fully saturated rings. The highest BCUT2D eigenvalue weighted by Gasteiger charge is 2.50. The number of hydrogen-bond donors (Lipinski definition) is 0. The van der Waals surface area contributed by atoms with Gasteiger partial charge in [0.1, 0.15) is 17.6 Å². The van der Waals surface area contributed by atoms with Gasteiger partial charge in [0.05, 0.1) is 14.2 Å². The fourth-order valence-corrected chi connectivity index (χ4v) is 3.63. The topological polar surface area (TPSA) is 48.0 Å². The van der Waals surface area contributed by atoms with Crippen LogP contribution in [0.2, 0.25) is 0 Å². The first-order chi connectivity index (χ1) is 14.6. The van der Waals surface area contributed by atoms with E-state index in [-0.39, 0.29) is 17.8 Å². The number of nitrogens with zero attached hydrogens (tertiary/aromatic N) is 1. The largest absolute Gasteiger partial charge is 0.493 e. The predicted molar refractivity (Wildman–Crippen MR) is 110 cm³/mol. The molecule has 1 heterocycles. The monoisotopic (exact) mass is 407 g/mol. The number of para-hydroxylation sites is 1. The highest BCUT2D eigenvalue weighted by Crippen LogP contribution is 2.41. The van der Waals surface area contributed by atoms with Gasteiger partial charge in [0, 0.05) is 6.54 Å². The third-order valence-electron chi connectivity index (χ3n) is 5.17. The van der Waals surface area contributed by atoms with Crippen LogP contribution in [0, 0.1) is 5.82 Å². The van der Waals surface area contributed by atoms with Gasteiger partial charge in [-0.1, -0.05) is 36.4 Å². The minimum Gasteiger partial charge on any atom is -0.493 e. The Morgan fingerprint density at radius 1 is 0.900 bits per heavy atom. The second-order valence-corrected chi connectivity index (χ2v) is 7.00. The Morgan fingerprint density at radius 2 is 1.60 bits per heavy atom. The van der Waals surface area contributed by atoms with Crippen LogP contribution in [0.1, 0.15) is 17.2 Å². The van der Waals surface area contributed by atoms with E-state index in [1.807, 2.05) is 48.5 Å². The summed E-state index contributed by atoms with van der Waals surface area (Å²) in [6.45, 7) is 0.354. The standard InChI is InChI=1S/C24H22FNO4/c1-28-20-13-10-17(14-21(20)29-2)22-23(30-19-6-4-3-5-7-19)24(27)26(22)15-16-8-11-18(25)12-9-16/h3-14,22-23H,15H2,1-2H3. The fourth-order valence-electron chi connectivity index (χ4n) is 3.63. The van der Waals surface area contributed by atoms with Crippen LogP contribution < -0.4 is 14.2 Å². The second-order valence-electron chi connectivity index (χ2n) is 7.00. The molecular weight excluding hydrogens is 385 g/mol. The van der Waals surface area contributed by atoms with E-state index in [4.69, 9.17) is 14.2 Å². The summed E-state index contributed by atoms with van der Waals surface area (Å²) < 4.78 is 30.1. The zero-order valence-corrected chi connectivity index (χ0v) is 16.7. The van der Waals surface area contributed by atoms with Crippen LogP contribution in [0.25, 0.3) is 0 Å². The van der Waals surface area contributed by atoms with Gasteiger partial charge in [-0.15, -0.1) is 0 Å². The molecular formula is C24H22FNO4. The Bertz CT molecular complexity index is 1020. The van der Waals surface area contributed by atoms with E-state index in [2.05, 4.69) is 0 Å². The number of β-lactam (4-membered cyclic amide) rings is 1. The van der Waals surface area contributed by atoms with Gasteiger partial charge in [-0.05, 0) is 47.5 Å². The first-order valence-corrected chi connectivity index (χ1v) is 9.59.